The van der Waals surface area contributed by atoms with Crippen molar-refractivity contribution in [2.75, 3.05) is 18.2 Å². The third kappa shape index (κ3) is 4.45. The lowest BCUT2D eigenvalue weighted by molar-refractivity contribution is -0.116. The lowest BCUT2D eigenvalue weighted by atomic mass is 9.99. The number of hydrogen-bond donors (Lipinski definition) is 1. The number of esters is 1. The van der Waals surface area contributed by atoms with Crippen LogP contribution in [0, 0.1) is 0 Å². The van der Waals surface area contributed by atoms with Crippen LogP contribution >= 0.6 is 0 Å². The summed E-state index contributed by atoms with van der Waals surface area (Å²) in [4.78, 5) is 36.1. The molecule has 2 aromatic carbocycles. The molecule has 146 valence electrons. The van der Waals surface area contributed by atoms with Crippen molar-refractivity contribution in [3.8, 4) is 0 Å². The molecule has 3 rings (SSSR count). The number of benzene rings is 2. The highest BCUT2D eigenvalue weighted by Crippen LogP contribution is 2.32. The number of ether oxygens (including phenoxy) is 1. The van der Waals surface area contributed by atoms with E-state index in [1.807, 2.05) is 0 Å². The fourth-order valence-corrected chi connectivity index (χ4v) is 3.73. The average molecular weight is 401 g/mol. The number of sulfone groups is 1. The van der Waals surface area contributed by atoms with Crippen molar-refractivity contribution in [2.45, 2.75) is 18.6 Å². The Hall–Kier alpha value is -3.00. The molecular weight excluding hydrogens is 382 g/mol. The number of hydrogen-bond acceptors (Lipinski definition) is 6. The molecule has 28 heavy (non-hydrogen) atoms. The quantitative estimate of drug-likeness (QED) is 0.588. The molecule has 1 atom stereocenters. The Kier molecular flexibility index (Phi) is 5.33. The van der Waals surface area contributed by atoms with E-state index in [1.165, 1.54) is 24.3 Å². The zero-order chi connectivity index (χ0) is 20.5. The first kappa shape index (κ1) is 19.8. The minimum atomic E-state index is -3.16. The molecule has 0 aliphatic carbocycles. The van der Waals surface area contributed by atoms with Gasteiger partial charge in [-0.15, -0.1) is 0 Å². The lowest BCUT2D eigenvalue weighted by Gasteiger charge is -2.07. The van der Waals surface area contributed by atoms with Crippen LogP contribution in [0.1, 0.15) is 44.7 Å². The molecule has 7 nitrogen and oxygen atoms in total. The van der Waals surface area contributed by atoms with Gasteiger partial charge in [-0.05, 0) is 48.4 Å². The molecule has 1 aliphatic heterocycles. The van der Waals surface area contributed by atoms with Crippen molar-refractivity contribution in [3.63, 3.8) is 0 Å². The smallest absolute Gasteiger partial charge is 0.338 e. The first-order valence-electron chi connectivity index (χ1n) is 8.56. The Morgan fingerprint density at radius 3 is 2.36 bits per heavy atom. The second kappa shape index (κ2) is 7.55. The van der Waals surface area contributed by atoms with Crippen LogP contribution in [0.25, 0.3) is 0 Å². The van der Waals surface area contributed by atoms with E-state index in [-0.39, 0.29) is 28.9 Å². The van der Waals surface area contributed by atoms with E-state index < -0.39 is 22.4 Å². The summed E-state index contributed by atoms with van der Waals surface area (Å²) in [6, 6.07) is 10.9. The highest BCUT2D eigenvalue weighted by molar-refractivity contribution is 7.89. The van der Waals surface area contributed by atoms with E-state index >= 15 is 0 Å². The van der Waals surface area contributed by atoms with Gasteiger partial charge in [0, 0.05) is 17.5 Å². The SMILES string of the molecule is C[C@H]1C(=O)Nc2ccc(C(=O)COC(=O)c3ccc(CS(C)(=O)=O)cc3)cc21. The van der Waals surface area contributed by atoms with E-state index in [0.29, 0.717) is 16.8 Å². The fraction of sp³-hybridized carbons (Fsp3) is 0.250. The Bertz CT molecular complexity index is 1060. The van der Waals surface area contributed by atoms with Crippen molar-refractivity contribution < 1.29 is 27.5 Å². The summed E-state index contributed by atoms with van der Waals surface area (Å²) in [7, 11) is -3.16. The normalized spacial score (nSPS) is 15.6. The minimum Gasteiger partial charge on any atom is -0.454 e. The number of anilines is 1. The second-order valence-electron chi connectivity index (χ2n) is 6.78. The Balaban J connectivity index is 1.62. The van der Waals surface area contributed by atoms with Gasteiger partial charge in [0.05, 0.1) is 17.2 Å². The molecule has 0 radical (unpaired) electrons. The van der Waals surface area contributed by atoms with Crippen LogP contribution in [-0.4, -0.2) is 38.9 Å². The fourth-order valence-electron chi connectivity index (χ4n) is 2.93. The molecular formula is C20H19NO6S. The maximum Gasteiger partial charge on any atom is 0.338 e. The van der Waals surface area contributed by atoms with Gasteiger partial charge in [-0.1, -0.05) is 12.1 Å². The molecule has 0 saturated heterocycles. The summed E-state index contributed by atoms with van der Waals surface area (Å²) in [6.45, 7) is 1.32. The summed E-state index contributed by atoms with van der Waals surface area (Å²) in [5.74, 6) is -1.63. The molecule has 1 aliphatic rings. The number of rotatable bonds is 6. The van der Waals surface area contributed by atoms with Crippen LogP contribution in [0.2, 0.25) is 0 Å². The predicted octanol–water partition coefficient (Wildman–Crippen LogP) is 2.33. The molecule has 0 aromatic heterocycles. The summed E-state index contributed by atoms with van der Waals surface area (Å²) >= 11 is 0. The van der Waals surface area contributed by atoms with E-state index in [9.17, 15) is 22.8 Å². The summed E-state index contributed by atoms with van der Waals surface area (Å²) in [5, 5.41) is 2.73. The van der Waals surface area contributed by atoms with E-state index in [2.05, 4.69) is 5.32 Å². The molecule has 0 saturated carbocycles. The van der Waals surface area contributed by atoms with Gasteiger partial charge >= 0.3 is 5.97 Å². The first-order chi connectivity index (χ1) is 13.1. The highest BCUT2D eigenvalue weighted by Gasteiger charge is 2.27. The zero-order valence-corrected chi connectivity index (χ0v) is 16.2. The van der Waals surface area contributed by atoms with Crippen molar-refractivity contribution in [1.82, 2.24) is 0 Å². The molecule has 0 unspecified atom stereocenters. The Morgan fingerprint density at radius 2 is 1.71 bits per heavy atom. The Labute approximate surface area is 162 Å². The van der Waals surface area contributed by atoms with E-state index in [0.717, 1.165) is 11.8 Å². The molecule has 2 aromatic rings. The van der Waals surface area contributed by atoms with Gasteiger partial charge in [0.1, 0.15) is 0 Å². The van der Waals surface area contributed by atoms with Crippen LogP contribution in [-0.2, 0) is 25.1 Å². The number of ketones is 1. The van der Waals surface area contributed by atoms with Crippen LogP contribution in [0.3, 0.4) is 0 Å². The maximum absolute atomic E-state index is 12.3. The van der Waals surface area contributed by atoms with Gasteiger partial charge in [-0.3, -0.25) is 9.59 Å². The molecule has 1 N–H and O–H groups in total. The minimum absolute atomic E-state index is 0.116. The molecule has 0 bridgehead atoms. The van der Waals surface area contributed by atoms with Gasteiger partial charge in [0.2, 0.25) is 5.91 Å². The summed E-state index contributed by atoms with van der Waals surface area (Å²) < 4.78 is 27.6. The standard InChI is InChI=1S/C20H19NO6S/c1-12-16-9-15(7-8-17(16)21-19(12)23)18(22)10-27-20(24)14-5-3-13(4-6-14)11-28(2,25)26/h3-9,12H,10-11H2,1-2H3,(H,21,23)/t12-/m1/s1. The highest BCUT2D eigenvalue weighted by atomic mass is 32.2. The lowest BCUT2D eigenvalue weighted by Crippen LogP contribution is -2.14. The summed E-state index contributed by atoms with van der Waals surface area (Å²) in [6.07, 6.45) is 1.13. The molecule has 0 spiro atoms. The van der Waals surface area contributed by atoms with Crippen LogP contribution in [0.5, 0.6) is 0 Å². The average Bonchev–Trinajstić information content (AvgIpc) is 2.92. The zero-order valence-electron chi connectivity index (χ0n) is 15.4. The van der Waals surface area contributed by atoms with Crippen molar-refractivity contribution in [1.29, 1.82) is 0 Å². The van der Waals surface area contributed by atoms with Gasteiger partial charge < -0.3 is 10.1 Å². The maximum atomic E-state index is 12.3. The molecule has 1 amide bonds. The van der Waals surface area contributed by atoms with E-state index in [1.54, 1.807) is 25.1 Å². The molecule has 0 fully saturated rings. The van der Waals surface area contributed by atoms with Gasteiger partial charge in [-0.2, -0.15) is 0 Å². The first-order valence-corrected chi connectivity index (χ1v) is 10.6. The third-order valence-corrected chi connectivity index (χ3v) is 5.30. The topological polar surface area (TPSA) is 107 Å². The van der Waals surface area contributed by atoms with E-state index in [4.69, 9.17) is 4.74 Å². The van der Waals surface area contributed by atoms with Gasteiger partial charge in [0.25, 0.3) is 0 Å². The van der Waals surface area contributed by atoms with Crippen molar-refractivity contribution >= 4 is 33.2 Å². The second-order valence-corrected chi connectivity index (χ2v) is 8.92. The summed E-state index contributed by atoms with van der Waals surface area (Å²) in [5.41, 5.74) is 2.57. The molecule has 8 heteroatoms. The van der Waals surface area contributed by atoms with Crippen LogP contribution < -0.4 is 5.32 Å². The molecule has 1 heterocycles. The van der Waals surface area contributed by atoms with Gasteiger partial charge in [0.15, 0.2) is 22.2 Å². The number of amides is 1. The third-order valence-electron chi connectivity index (χ3n) is 4.44. The number of carbonyl (C=O) groups is 3. The van der Waals surface area contributed by atoms with Gasteiger partial charge in [-0.25, -0.2) is 13.2 Å². The number of carbonyl (C=O) groups excluding carboxylic acids is 3. The van der Waals surface area contributed by atoms with Crippen molar-refractivity contribution in [3.05, 3.63) is 64.7 Å². The monoisotopic (exact) mass is 401 g/mol. The number of fused-ring (bicyclic) bond motifs is 1. The Morgan fingerprint density at radius 1 is 1.07 bits per heavy atom. The number of Topliss-reactive ketones (excluding diaryl/α,β-unsaturated/α-hetero) is 1. The van der Waals surface area contributed by atoms with Crippen molar-refractivity contribution in [2.24, 2.45) is 0 Å². The number of nitrogens with one attached hydrogen (secondary N) is 1. The van der Waals surface area contributed by atoms with Crippen LogP contribution in [0.15, 0.2) is 42.5 Å². The van der Waals surface area contributed by atoms with Crippen LogP contribution in [0.4, 0.5) is 5.69 Å². The largest absolute Gasteiger partial charge is 0.454 e. The predicted molar refractivity (Wildman–Crippen MR) is 103 cm³/mol.